The van der Waals surface area contributed by atoms with Crippen molar-refractivity contribution in [3.63, 3.8) is 0 Å². The van der Waals surface area contributed by atoms with Crippen LogP contribution in [-0.2, 0) is 0 Å². The Kier molecular flexibility index (Phi) is 4.33. The van der Waals surface area contributed by atoms with Gasteiger partial charge in [-0.2, -0.15) is 5.10 Å². The third kappa shape index (κ3) is 3.25. The molecule has 3 atom stereocenters. The van der Waals surface area contributed by atoms with Gasteiger partial charge < -0.3 is 20.6 Å². The molecule has 2 saturated heterocycles. The fourth-order valence-electron chi connectivity index (χ4n) is 4.40. The predicted octanol–water partition coefficient (Wildman–Crippen LogP) is 2.25. The van der Waals surface area contributed by atoms with E-state index >= 15 is 0 Å². The summed E-state index contributed by atoms with van der Waals surface area (Å²) in [5.74, 6) is -3.21. The van der Waals surface area contributed by atoms with E-state index in [-0.39, 0.29) is 12.4 Å². The van der Waals surface area contributed by atoms with Gasteiger partial charge in [0.1, 0.15) is 11.6 Å². The van der Waals surface area contributed by atoms with Crippen LogP contribution in [0.5, 0.6) is 0 Å². The Hall–Kier alpha value is -3.34. The maximum Gasteiger partial charge on any atom is 0.315 e. The smallest absolute Gasteiger partial charge is 0.315 e. The van der Waals surface area contributed by atoms with E-state index in [2.05, 4.69) is 10.1 Å². The van der Waals surface area contributed by atoms with Crippen molar-refractivity contribution in [3.05, 3.63) is 59.7 Å². The topological polar surface area (TPSA) is 100.0 Å². The number of benzene rings is 1. The average Bonchev–Trinajstić information content (AvgIpc) is 3.26. The molecule has 3 aromatic rings. The summed E-state index contributed by atoms with van der Waals surface area (Å²) in [6.07, 6.45) is 1.74. The Labute approximate surface area is 174 Å². The fraction of sp³-hybridized carbons (Fsp3) is 0.350. The predicted molar refractivity (Wildman–Crippen MR) is 104 cm³/mol. The Morgan fingerprint density at radius 1 is 1.29 bits per heavy atom. The maximum absolute atomic E-state index is 14.4. The van der Waals surface area contributed by atoms with Gasteiger partial charge in [0.05, 0.1) is 37.5 Å². The standard InChI is InChI=1S/C20H19F3N6O2/c21-12-3-1-2-11(6-12)14-7-20(22,23)10-28(14)16-4-5-29-18(26-16)13(8-25-29)17-15(30)9-27(17)19(24)31/h1-6,8,14-15,17,30H,7,9-10H2,(H2,24,31). The molecule has 2 aliphatic heterocycles. The van der Waals surface area contributed by atoms with E-state index in [0.29, 0.717) is 16.8 Å². The highest BCUT2D eigenvalue weighted by molar-refractivity contribution is 5.74. The van der Waals surface area contributed by atoms with Gasteiger partial charge in [0.25, 0.3) is 5.92 Å². The lowest BCUT2D eigenvalue weighted by Crippen LogP contribution is -2.57. The van der Waals surface area contributed by atoms with Crippen LogP contribution in [0.3, 0.4) is 0 Å². The number of hydrogen-bond donors (Lipinski definition) is 2. The number of hydrogen-bond acceptors (Lipinski definition) is 5. The molecule has 2 amide bonds. The molecule has 162 valence electrons. The fourth-order valence-corrected chi connectivity index (χ4v) is 4.40. The zero-order valence-electron chi connectivity index (χ0n) is 16.2. The SMILES string of the molecule is NC(=O)N1CC(O)C1c1cnn2ccc(N3CC(F)(F)CC3c3cccc(F)c3)nc12. The molecule has 0 spiro atoms. The summed E-state index contributed by atoms with van der Waals surface area (Å²) < 4.78 is 43.9. The second kappa shape index (κ2) is 6.84. The third-order valence-electron chi connectivity index (χ3n) is 5.87. The number of alkyl halides is 2. The number of aliphatic hydroxyl groups excluding tert-OH is 1. The number of β-amino-alcohol motifs (C(OH)–C–C–N with tert-alkyl or cyclic N) is 1. The van der Waals surface area contributed by atoms with Crippen LogP contribution in [0.1, 0.15) is 29.6 Å². The van der Waals surface area contributed by atoms with E-state index < -0.39 is 48.9 Å². The van der Waals surface area contributed by atoms with Crippen molar-refractivity contribution in [1.29, 1.82) is 0 Å². The molecule has 4 heterocycles. The van der Waals surface area contributed by atoms with Gasteiger partial charge in [0.15, 0.2) is 5.65 Å². The number of fused-ring (bicyclic) bond motifs is 1. The first-order valence-corrected chi connectivity index (χ1v) is 9.72. The molecular weight excluding hydrogens is 413 g/mol. The van der Waals surface area contributed by atoms with Crippen molar-refractivity contribution in [1.82, 2.24) is 19.5 Å². The minimum atomic E-state index is -2.97. The summed E-state index contributed by atoms with van der Waals surface area (Å²) in [4.78, 5) is 18.9. The van der Waals surface area contributed by atoms with Gasteiger partial charge >= 0.3 is 6.03 Å². The second-order valence-electron chi connectivity index (χ2n) is 7.92. The summed E-state index contributed by atoms with van der Waals surface area (Å²) in [6.45, 7) is -0.475. The van der Waals surface area contributed by atoms with E-state index in [9.17, 15) is 23.1 Å². The van der Waals surface area contributed by atoms with Gasteiger partial charge in [-0.3, -0.25) is 0 Å². The van der Waals surface area contributed by atoms with E-state index in [1.54, 1.807) is 18.3 Å². The molecule has 11 heteroatoms. The maximum atomic E-state index is 14.4. The van der Waals surface area contributed by atoms with Gasteiger partial charge in [-0.15, -0.1) is 0 Å². The largest absolute Gasteiger partial charge is 0.389 e. The Morgan fingerprint density at radius 2 is 2.10 bits per heavy atom. The van der Waals surface area contributed by atoms with Crippen molar-refractivity contribution >= 4 is 17.5 Å². The number of amides is 2. The van der Waals surface area contributed by atoms with Crippen LogP contribution in [0.25, 0.3) is 5.65 Å². The molecular formula is C20H19F3N6O2. The number of rotatable bonds is 3. The summed E-state index contributed by atoms with van der Waals surface area (Å²) in [7, 11) is 0. The van der Waals surface area contributed by atoms with Gasteiger partial charge in [-0.05, 0) is 23.8 Å². The summed E-state index contributed by atoms with van der Waals surface area (Å²) in [6, 6.07) is 5.01. The van der Waals surface area contributed by atoms with Crippen LogP contribution < -0.4 is 10.6 Å². The first-order chi connectivity index (χ1) is 14.7. The lowest BCUT2D eigenvalue weighted by atomic mass is 9.94. The quantitative estimate of drug-likeness (QED) is 0.661. The zero-order chi connectivity index (χ0) is 21.9. The number of carbonyl (C=O) groups is 1. The molecule has 2 aliphatic rings. The summed E-state index contributed by atoms with van der Waals surface area (Å²) in [5.41, 5.74) is 6.58. The van der Waals surface area contributed by atoms with E-state index in [1.807, 2.05) is 0 Å². The van der Waals surface area contributed by atoms with E-state index in [4.69, 9.17) is 5.73 Å². The zero-order valence-corrected chi connectivity index (χ0v) is 16.2. The normalized spacial score (nSPS) is 25.1. The van der Waals surface area contributed by atoms with Gasteiger partial charge in [-0.25, -0.2) is 27.5 Å². The van der Waals surface area contributed by atoms with Crippen molar-refractivity contribution in [2.45, 2.75) is 30.5 Å². The number of nitrogens with two attached hydrogens (primary N) is 1. The molecule has 3 N–H and O–H groups in total. The number of likely N-dealkylation sites (tertiary alicyclic amines) is 1. The lowest BCUT2D eigenvalue weighted by Gasteiger charge is -2.43. The molecule has 31 heavy (non-hydrogen) atoms. The summed E-state index contributed by atoms with van der Waals surface area (Å²) in [5, 5.41) is 14.3. The van der Waals surface area contributed by atoms with Crippen LogP contribution >= 0.6 is 0 Å². The number of primary amides is 1. The molecule has 0 radical (unpaired) electrons. The molecule has 3 unspecified atom stereocenters. The van der Waals surface area contributed by atoms with Crippen LogP contribution in [0, 0.1) is 5.82 Å². The van der Waals surface area contributed by atoms with Gasteiger partial charge in [-0.1, -0.05) is 12.1 Å². The van der Waals surface area contributed by atoms with Crippen LogP contribution in [0.15, 0.2) is 42.7 Å². The second-order valence-corrected chi connectivity index (χ2v) is 7.92. The Balaban J connectivity index is 1.56. The molecule has 8 nitrogen and oxygen atoms in total. The number of aromatic nitrogens is 3. The third-order valence-corrected chi connectivity index (χ3v) is 5.87. The number of halogens is 3. The molecule has 1 aromatic carbocycles. The first kappa shape index (κ1) is 19.6. The van der Waals surface area contributed by atoms with Crippen molar-refractivity contribution in [2.24, 2.45) is 5.73 Å². The van der Waals surface area contributed by atoms with Gasteiger partial charge in [0, 0.05) is 18.2 Å². The minimum absolute atomic E-state index is 0.0943. The molecule has 2 fully saturated rings. The highest BCUT2D eigenvalue weighted by Crippen LogP contribution is 2.43. The van der Waals surface area contributed by atoms with Crippen molar-refractivity contribution in [2.75, 3.05) is 18.0 Å². The van der Waals surface area contributed by atoms with E-state index in [1.165, 1.54) is 38.7 Å². The highest BCUT2D eigenvalue weighted by atomic mass is 19.3. The van der Waals surface area contributed by atoms with Crippen molar-refractivity contribution < 1.29 is 23.1 Å². The lowest BCUT2D eigenvalue weighted by molar-refractivity contribution is -0.0320. The first-order valence-electron chi connectivity index (χ1n) is 9.72. The number of urea groups is 1. The summed E-state index contributed by atoms with van der Waals surface area (Å²) >= 11 is 0. The minimum Gasteiger partial charge on any atom is -0.389 e. The van der Waals surface area contributed by atoms with Gasteiger partial charge in [0.2, 0.25) is 0 Å². The molecule has 0 aliphatic carbocycles. The molecule has 0 saturated carbocycles. The van der Waals surface area contributed by atoms with Crippen LogP contribution in [0.4, 0.5) is 23.8 Å². The molecule has 2 aromatic heterocycles. The van der Waals surface area contributed by atoms with Crippen LogP contribution in [0.2, 0.25) is 0 Å². The van der Waals surface area contributed by atoms with E-state index in [0.717, 1.165) is 0 Å². The molecule has 5 rings (SSSR count). The average molecular weight is 432 g/mol. The number of anilines is 1. The number of nitrogens with zero attached hydrogens (tertiary/aromatic N) is 5. The highest BCUT2D eigenvalue weighted by Gasteiger charge is 2.47. The van der Waals surface area contributed by atoms with Crippen LogP contribution in [-0.4, -0.2) is 55.8 Å². The Morgan fingerprint density at radius 3 is 2.81 bits per heavy atom. The number of carbonyl (C=O) groups excluding carboxylic acids is 1. The molecule has 0 bridgehead atoms. The monoisotopic (exact) mass is 432 g/mol. The Bertz CT molecular complexity index is 1170. The van der Waals surface area contributed by atoms with Crippen molar-refractivity contribution in [3.8, 4) is 0 Å². The number of aliphatic hydroxyl groups is 1.